The number of hydrogen-bond acceptors (Lipinski definition) is 17. The van der Waals surface area contributed by atoms with Crippen LogP contribution in [0, 0.1) is 41.4 Å². The molecule has 0 aromatic heterocycles. The predicted octanol–water partition coefficient (Wildman–Crippen LogP) is 5.57. The third-order valence-corrected chi connectivity index (χ3v) is 19.2. The van der Waals surface area contributed by atoms with Crippen LogP contribution in [0.1, 0.15) is 166 Å². The van der Waals surface area contributed by atoms with Gasteiger partial charge in [0, 0.05) is 54.3 Å². The number of benzene rings is 2. The maximum absolute atomic E-state index is 14.7. The van der Waals surface area contributed by atoms with Gasteiger partial charge in [-0.1, -0.05) is 152 Å². The van der Waals surface area contributed by atoms with E-state index in [1.54, 1.807) is 41.5 Å². The van der Waals surface area contributed by atoms with Crippen LogP contribution >= 0.6 is 0 Å². The van der Waals surface area contributed by atoms with Gasteiger partial charge >= 0.3 is 18.1 Å². The minimum Gasteiger partial charge on any atom is -0.480 e. The van der Waals surface area contributed by atoms with E-state index in [2.05, 4.69) is 26.6 Å². The van der Waals surface area contributed by atoms with Gasteiger partial charge in [-0.05, 0) is 123 Å². The van der Waals surface area contributed by atoms with Crippen molar-refractivity contribution in [1.29, 1.82) is 0 Å². The molecule has 12 atom stereocenters. The molecule has 0 heterocycles. The molecule has 28 heteroatoms. The predicted molar refractivity (Wildman–Crippen MR) is 398 cm³/mol. The number of esters is 1. The minimum absolute atomic E-state index is 0.0541. The number of carbonyl (C=O) groups is 13. The Morgan fingerprint density at radius 2 is 0.952 bits per heavy atom. The van der Waals surface area contributed by atoms with E-state index in [0.29, 0.717) is 0 Å². The number of carboxylic acid groups (broad SMARTS) is 1. The molecular formula is C77H121N11O17. The molecule has 105 heavy (non-hydrogen) atoms. The summed E-state index contributed by atoms with van der Waals surface area (Å²) in [4.78, 5) is 187. The number of aliphatic carboxylic acids is 1. The summed E-state index contributed by atoms with van der Waals surface area (Å²) in [5, 5.41) is 35.0. The van der Waals surface area contributed by atoms with Crippen LogP contribution in [-0.4, -0.2) is 246 Å². The van der Waals surface area contributed by atoms with Gasteiger partial charge in [0.25, 0.3) is 0 Å². The van der Waals surface area contributed by atoms with Gasteiger partial charge in [0.2, 0.25) is 59.1 Å². The number of fused-ring (bicyclic) bond motifs is 3. The smallest absolute Gasteiger partial charge is 0.480 e. The molecular weight excluding hydrogens is 1350 g/mol. The van der Waals surface area contributed by atoms with Gasteiger partial charge in [0.1, 0.15) is 67.0 Å². The average Bonchev–Trinajstić information content (AvgIpc) is 1.62. The second kappa shape index (κ2) is 41.8. The first kappa shape index (κ1) is 90.4. The van der Waals surface area contributed by atoms with Crippen LogP contribution in [0.15, 0.2) is 60.7 Å². The number of nitrogens with zero attached hydrogens (tertiary/aromatic N) is 6. The van der Waals surface area contributed by atoms with E-state index in [9.17, 15) is 72.5 Å². The Bertz CT molecular complexity index is 3330. The summed E-state index contributed by atoms with van der Waals surface area (Å²) in [6, 6.07) is 3.76. The Hall–Kier alpha value is -8.79. The number of hydrogen-bond donors (Lipinski definition) is 7. The normalized spacial score (nSPS) is 15.5. The van der Waals surface area contributed by atoms with Crippen molar-refractivity contribution in [3.63, 3.8) is 0 Å². The number of likely N-dealkylation sites (N-methyl/N-ethyl adjacent to an activating group) is 7. The van der Waals surface area contributed by atoms with Gasteiger partial charge in [0.15, 0.2) is 0 Å². The fourth-order valence-corrected chi connectivity index (χ4v) is 13.0. The topological polar surface area (TPSA) is 360 Å². The van der Waals surface area contributed by atoms with E-state index in [0.717, 1.165) is 38.1 Å². The molecule has 2 aromatic rings. The second-order valence-electron chi connectivity index (χ2n) is 30.3. The Balaban J connectivity index is 1.67. The van der Waals surface area contributed by atoms with Gasteiger partial charge < -0.3 is 75.7 Å². The third-order valence-electron chi connectivity index (χ3n) is 19.2. The molecule has 1 aliphatic carbocycles. The van der Waals surface area contributed by atoms with Gasteiger partial charge in [-0.2, -0.15) is 0 Å². The molecule has 10 amide bonds. The van der Waals surface area contributed by atoms with Gasteiger partial charge in [-0.25, -0.2) is 14.4 Å². The summed E-state index contributed by atoms with van der Waals surface area (Å²) < 4.78 is 10.2. The number of ether oxygens (including phenoxy) is 2. The zero-order chi connectivity index (χ0) is 79.9. The highest BCUT2D eigenvalue weighted by atomic mass is 16.7. The zero-order valence-electron chi connectivity index (χ0n) is 66.1. The van der Waals surface area contributed by atoms with Crippen LogP contribution in [0.5, 0.6) is 0 Å². The van der Waals surface area contributed by atoms with E-state index in [1.807, 2.05) is 104 Å². The number of aliphatic hydroxyl groups is 1. The van der Waals surface area contributed by atoms with Crippen molar-refractivity contribution in [2.75, 3.05) is 62.5 Å². The van der Waals surface area contributed by atoms with Crippen LogP contribution in [0.2, 0.25) is 0 Å². The van der Waals surface area contributed by atoms with Gasteiger partial charge in [0.05, 0.1) is 12.6 Å². The Labute approximate surface area is 621 Å². The molecule has 0 saturated heterocycles. The van der Waals surface area contributed by atoms with Crippen LogP contribution in [-0.2, 0) is 67.0 Å². The van der Waals surface area contributed by atoms with Crippen molar-refractivity contribution >= 4 is 77.2 Å². The first-order valence-electron chi connectivity index (χ1n) is 36.6. The van der Waals surface area contributed by atoms with E-state index in [1.165, 1.54) is 88.9 Å². The van der Waals surface area contributed by atoms with Crippen molar-refractivity contribution in [1.82, 2.24) is 56.0 Å². The Kier molecular flexibility index (Phi) is 36.0. The van der Waals surface area contributed by atoms with Crippen LogP contribution in [0.4, 0.5) is 4.79 Å². The summed E-state index contributed by atoms with van der Waals surface area (Å²) in [5.41, 5.74) is 4.04. The minimum atomic E-state index is -1.35. The highest BCUT2D eigenvalue weighted by Crippen LogP contribution is 2.44. The van der Waals surface area contributed by atoms with Crippen molar-refractivity contribution < 1.29 is 82.0 Å². The van der Waals surface area contributed by atoms with Crippen LogP contribution in [0.3, 0.4) is 0 Å². The molecule has 3 rings (SSSR count). The molecule has 0 fully saturated rings. The van der Waals surface area contributed by atoms with E-state index >= 15 is 0 Å². The van der Waals surface area contributed by atoms with E-state index in [-0.39, 0.29) is 74.7 Å². The standard InChI is InChI=1S/C77H121N11O17/c1-24-56(81-70(95)64(78-17)66(91)48(14)30-29-35-62(90)105-77(103)104-41-55-53-33-27-25-31-51(53)52-32-26-28-34-54(52)55)72(97)83(18)40-61(89)84(19)57(36-42(2)3)69(94)82-63(46(10)11)75(100)85(20)58(37-43(4)5)68(93)79-49(15)67(92)80-50(16)71(96)86(21)59(38-44(6)7)73(98)87(22)60(39-45(8)9)74(99)88(23)65(47(12)13)76(101)102/h25-29,31-35,42-50,55-60,63-66,78,91H,24,30,36-41H2,1-23H3,(H,79,93)(H,80,92)(H,81,95)(H,82,94)(H,101,102)/b35-29+/t48-,49-,50-,56?,57+,58+,59+,60+,63+,64?,65+,66-/m1/s1. The van der Waals surface area contributed by atoms with Crippen molar-refractivity contribution in [3.8, 4) is 11.1 Å². The van der Waals surface area contributed by atoms with E-state index in [4.69, 9.17) is 9.47 Å². The molecule has 0 bridgehead atoms. The largest absolute Gasteiger partial charge is 0.516 e. The average molecular weight is 1470 g/mol. The van der Waals surface area contributed by atoms with Crippen molar-refractivity contribution in [2.24, 2.45) is 41.4 Å². The monoisotopic (exact) mass is 1470 g/mol. The fourth-order valence-electron chi connectivity index (χ4n) is 13.0. The summed E-state index contributed by atoms with van der Waals surface area (Å²) >= 11 is 0. The number of carbonyl (C=O) groups excluding carboxylic acids is 12. The summed E-state index contributed by atoms with van der Waals surface area (Å²) in [7, 11) is 9.89. The molecule has 7 N–H and O–H groups in total. The molecule has 586 valence electrons. The molecule has 2 aromatic carbocycles. The third kappa shape index (κ3) is 25.5. The molecule has 0 spiro atoms. The van der Waals surface area contributed by atoms with Gasteiger partial charge in [-0.3, -0.25) is 47.9 Å². The zero-order valence-corrected chi connectivity index (χ0v) is 66.1. The Morgan fingerprint density at radius 3 is 1.42 bits per heavy atom. The van der Waals surface area contributed by atoms with E-state index < -0.39 is 168 Å². The van der Waals surface area contributed by atoms with Crippen molar-refractivity contribution in [3.05, 3.63) is 71.8 Å². The van der Waals surface area contributed by atoms with Crippen LogP contribution in [0.25, 0.3) is 11.1 Å². The Morgan fingerprint density at radius 1 is 0.505 bits per heavy atom. The molecule has 0 saturated carbocycles. The lowest BCUT2D eigenvalue weighted by Crippen LogP contribution is -2.61. The first-order valence-corrected chi connectivity index (χ1v) is 36.6. The summed E-state index contributed by atoms with van der Waals surface area (Å²) in [6.07, 6.45) is 0.654. The highest BCUT2D eigenvalue weighted by Gasteiger charge is 2.43. The molecule has 0 aliphatic heterocycles. The number of rotatable bonds is 40. The lowest BCUT2D eigenvalue weighted by atomic mass is 9.93. The first-order chi connectivity index (χ1) is 48.9. The van der Waals surface area contributed by atoms with Gasteiger partial charge in [-0.15, -0.1) is 0 Å². The maximum atomic E-state index is 14.7. The number of carboxylic acids is 1. The van der Waals surface area contributed by atoms with Crippen LogP contribution < -0.4 is 26.6 Å². The quantitative estimate of drug-likeness (QED) is 0.0243. The molecule has 2 unspecified atom stereocenters. The highest BCUT2D eigenvalue weighted by molar-refractivity contribution is 5.99. The lowest BCUT2D eigenvalue weighted by molar-refractivity contribution is -0.157. The molecule has 28 nitrogen and oxygen atoms in total. The maximum Gasteiger partial charge on any atom is 0.516 e. The molecule has 0 radical (unpaired) electrons. The SMILES string of the molecule is CCC(NC(=O)C(NC)[C@H](O)[C@H](C)C/C=C/C(=O)OC(=O)OCC1c2ccccc2-c2ccccc21)C(=O)N(C)CC(=O)N(C)[C@@H](CC(C)C)C(=O)N[C@H](C(=O)N(C)[C@@H](CC(C)C)C(=O)N[C@H](C)C(=O)N[C@H](C)C(=O)N(C)[C@@H](CC(C)C)C(=O)N(C)[C@@H](CC(C)C)C(=O)N(C)[C@H](C(=O)O)C(C)C)C(C)C. The fraction of sp³-hybridized carbons (Fsp3) is 0.649. The molecule has 1 aliphatic rings. The second-order valence-corrected chi connectivity index (χ2v) is 30.3. The lowest BCUT2D eigenvalue weighted by Gasteiger charge is -2.39. The summed E-state index contributed by atoms with van der Waals surface area (Å²) in [6.45, 7) is 27.1. The summed E-state index contributed by atoms with van der Waals surface area (Å²) in [5.74, 6) is -11.3. The van der Waals surface area contributed by atoms with Crippen molar-refractivity contribution in [2.45, 2.75) is 222 Å². The number of aliphatic hydroxyl groups excluding tert-OH is 1. The number of nitrogens with one attached hydrogen (secondary N) is 5. The number of amides is 10. The number of allylic oxidation sites excluding steroid dienone is 1.